The summed E-state index contributed by atoms with van der Waals surface area (Å²) in [6, 6.07) is -0.393. The van der Waals surface area contributed by atoms with Gasteiger partial charge in [-0.05, 0) is 31.6 Å². The van der Waals surface area contributed by atoms with Gasteiger partial charge in [-0.15, -0.1) is 0 Å². The predicted molar refractivity (Wildman–Crippen MR) is 99.3 cm³/mol. The lowest BCUT2D eigenvalue weighted by atomic mass is 9.88. The van der Waals surface area contributed by atoms with Gasteiger partial charge >= 0.3 is 0 Å². The normalized spacial score (nSPS) is 23.7. The molecule has 3 fully saturated rings. The smallest absolute Gasteiger partial charge is 0.245 e. The second-order valence-electron chi connectivity index (χ2n) is 8.21. The highest BCUT2D eigenvalue weighted by Gasteiger charge is 2.36. The van der Waals surface area contributed by atoms with E-state index in [1.165, 1.54) is 13.3 Å². The highest BCUT2D eigenvalue weighted by Crippen LogP contribution is 2.29. The first-order valence-electron chi connectivity index (χ1n) is 10.4. The lowest BCUT2D eigenvalue weighted by molar-refractivity contribution is -0.145. The van der Waals surface area contributed by atoms with Crippen molar-refractivity contribution in [1.82, 2.24) is 15.1 Å². The van der Waals surface area contributed by atoms with Crippen LogP contribution in [0.25, 0.3) is 0 Å². The molecule has 2 aliphatic carbocycles. The molecule has 1 saturated heterocycles. The highest BCUT2D eigenvalue weighted by molar-refractivity contribution is 5.87. The van der Waals surface area contributed by atoms with Gasteiger partial charge in [-0.25, -0.2) is 0 Å². The molecule has 2 saturated carbocycles. The van der Waals surface area contributed by atoms with E-state index in [0.717, 1.165) is 51.4 Å². The third-order valence-electron chi connectivity index (χ3n) is 6.35. The first-order valence-corrected chi connectivity index (χ1v) is 10.4. The van der Waals surface area contributed by atoms with E-state index in [4.69, 9.17) is 0 Å². The van der Waals surface area contributed by atoms with Crippen LogP contribution in [0.5, 0.6) is 0 Å². The molecule has 3 aliphatic rings. The molecule has 0 spiro atoms. The Bertz CT molecular complexity index is 516. The number of carbonyl (C=O) groups is 3. The molecule has 26 heavy (non-hydrogen) atoms. The van der Waals surface area contributed by atoms with E-state index in [9.17, 15) is 14.4 Å². The molecule has 1 heterocycles. The Balaban J connectivity index is 1.54. The standard InChI is InChI=1S/C20H33N3O3/c1-15(24)21-18(16-7-5-6-8-16)20(26)23-13-11-22(12-14-23)19(25)17-9-3-2-4-10-17/h16-18H,2-14H2,1H3,(H,21,24). The van der Waals surface area contributed by atoms with Crippen molar-refractivity contribution in [2.45, 2.75) is 70.8 Å². The van der Waals surface area contributed by atoms with Gasteiger partial charge in [-0.3, -0.25) is 14.4 Å². The van der Waals surface area contributed by atoms with Crippen LogP contribution in [0.3, 0.4) is 0 Å². The fourth-order valence-corrected chi connectivity index (χ4v) is 4.84. The summed E-state index contributed by atoms with van der Waals surface area (Å²) in [6.45, 7) is 3.90. The van der Waals surface area contributed by atoms with Crippen LogP contribution < -0.4 is 5.32 Å². The van der Waals surface area contributed by atoms with E-state index in [2.05, 4.69) is 5.32 Å². The summed E-state index contributed by atoms with van der Waals surface area (Å²) in [4.78, 5) is 41.1. The van der Waals surface area contributed by atoms with Crippen LogP contribution >= 0.6 is 0 Å². The highest BCUT2D eigenvalue weighted by atomic mass is 16.2. The maximum atomic E-state index is 13.0. The van der Waals surface area contributed by atoms with E-state index in [1.807, 2.05) is 9.80 Å². The fourth-order valence-electron chi connectivity index (χ4n) is 4.84. The van der Waals surface area contributed by atoms with Gasteiger partial charge in [0.25, 0.3) is 0 Å². The predicted octanol–water partition coefficient (Wildman–Crippen LogP) is 1.93. The lowest BCUT2D eigenvalue weighted by Gasteiger charge is -2.39. The topological polar surface area (TPSA) is 69.7 Å². The first-order chi connectivity index (χ1) is 12.6. The molecule has 0 aromatic heterocycles. The molecule has 1 unspecified atom stereocenters. The van der Waals surface area contributed by atoms with E-state index in [0.29, 0.717) is 26.2 Å². The average molecular weight is 364 g/mol. The molecule has 1 atom stereocenters. The van der Waals surface area contributed by atoms with E-state index >= 15 is 0 Å². The van der Waals surface area contributed by atoms with Crippen molar-refractivity contribution in [3.05, 3.63) is 0 Å². The van der Waals surface area contributed by atoms with Crippen LogP contribution in [-0.4, -0.2) is 59.7 Å². The van der Waals surface area contributed by atoms with Crippen molar-refractivity contribution in [3.63, 3.8) is 0 Å². The molecule has 6 nitrogen and oxygen atoms in total. The van der Waals surface area contributed by atoms with Gasteiger partial charge in [0.2, 0.25) is 17.7 Å². The number of nitrogens with one attached hydrogen (secondary N) is 1. The minimum atomic E-state index is -0.393. The van der Waals surface area contributed by atoms with Crippen molar-refractivity contribution in [2.75, 3.05) is 26.2 Å². The summed E-state index contributed by atoms with van der Waals surface area (Å²) >= 11 is 0. The number of rotatable bonds is 4. The Morgan fingerprint density at radius 2 is 1.35 bits per heavy atom. The molecule has 0 bridgehead atoms. The molecule has 0 aromatic carbocycles. The third kappa shape index (κ3) is 4.57. The van der Waals surface area contributed by atoms with Gasteiger partial charge < -0.3 is 15.1 Å². The van der Waals surface area contributed by atoms with Crippen LogP contribution in [0.1, 0.15) is 64.7 Å². The van der Waals surface area contributed by atoms with Crippen molar-refractivity contribution < 1.29 is 14.4 Å². The SMILES string of the molecule is CC(=O)NC(C(=O)N1CCN(C(=O)C2CCCCC2)CC1)C1CCCC1. The zero-order valence-electron chi connectivity index (χ0n) is 16.0. The van der Waals surface area contributed by atoms with E-state index in [1.54, 1.807) is 0 Å². The van der Waals surface area contributed by atoms with Gasteiger partial charge in [0, 0.05) is 39.0 Å². The Labute approximate surface area is 156 Å². The van der Waals surface area contributed by atoms with Crippen LogP contribution in [-0.2, 0) is 14.4 Å². The van der Waals surface area contributed by atoms with Gasteiger partial charge in [-0.1, -0.05) is 32.1 Å². The van der Waals surface area contributed by atoms with Crippen molar-refractivity contribution in [2.24, 2.45) is 11.8 Å². The molecule has 6 heteroatoms. The summed E-state index contributed by atoms with van der Waals surface area (Å²) in [6.07, 6.45) is 9.90. The van der Waals surface area contributed by atoms with Gasteiger partial charge in [0.15, 0.2) is 0 Å². The van der Waals surface area contributed by atoms with Crippen LogP contribution in [0.2, 0.25) is 0 Å². The van der Waals surface area contributed by atoms with E-state index in [-0.39, 0.29) is 29.6 Å². The van der Waals surface area contributed by atoms with Crippen LogP contribution in [0.15, 0.2) is 0 Å². The zero-order chi connectivity index (χ0) is 18.5. The minimum absolute atomic E-state index is 0.0388. The van der Waals surface area contributed by atoms with Crippen molar-refractivity contribution >= 4 is 17.7 Å². The lowest BCUT2D eigenvalue weighted by Crippen LogP contribution is -2.57. The Morgan fingerprint density at radius 1 is 0.808 bits per heavy atom. The van der Waals surface area contributed by atoms with Crippen LogP contribution in [0, 0.1) is 11.8 Å². The minimum Gasteiger partial charge on any atom is -0.344 e. The largest absolute Gasteiger partial charge is 0.344 e. The summed E-state index contributed by atoms with van der Waals surface area (Å²) in [5.74, 6) is 0.633. The molecule has 3 amide bonds. The molecule has 1 aliphatic heterocycles. The second kappa shape index (κ2) is 8.87. The Hall–Kier alpha value is -1.59. The summed E-state index contributed by atoms with van der Waals surface area (Å²) in [7, 11) is 0. The number of hydrogen-bond donors (Lipinski definition) is 1. The molecule has 3 rings (SSSR count). The van der Waals surface area contributed by atoms with Crippen molar-refractivity contribution in [3.8, 4) is 0 Å². The van der Waals surface area contributed by atoms with Crippen LogP contribution in [0.4, 0.5) is 0 Å². The van der Waals surface area contributed by atoms with Gasteiger partial charge in [0.05, 0.1) is 0 Å². The van der Waals surface area contributed by atoms with Gasteiger partial charge in [0.1, 0.15) is 6.04 Å². The molecule has 0 radical (unpaired) electrons. The third-order valence-corrected chi connectivity index (χ3v) is 6.35. The number of amides is 3. The molecular weight excluding hydrogens is 330 g/mol. The summed E-state index contributed by atoms with van der Waals surface area (Å²) < 4.78 is 0. The monoisotopic (exact) mass is 363 g/mol. The second-order valence-corrected chi connectivity index (χ2v) is 8.21. The summed E-state index contributed by atoms with van der Waals surface area (Å²) in [5.41, 5.74) is 0. The Kier molecular flexibility index (Phi) is 6.54. The average Bonchev–Trinajstić information content (AvgIpc) is 3.20. The molecule has 1 N–H and O–H groups in total. The maximum absolute atomic E-state index is 13.0. The van der Waals surface area contributed by atoms with E-state index < -0.39 is 6.04 Å². The number of carbonyl (C=O) groups excluding carboxylic acids is 3. The summed E-state index contributed by atoms with van der Waals surface area (Å²) in [5, 5.41) is 2.89. The fraction of sp³-hybridized carbons (Fsp3) is 0.850. The number of hydrogen-bond acceptors (Lipinski definition) is 3. The molecule has 146 valence electrons. The quantitative estimate of drug-likeness (QED) is 0.830. The maximum Gasteiger partial charge on any atom is 0.245 e. The van der Waals surface area contributed by atoms with Gasteiger partial charge in [-0.2, -0.15) is 0 Å². The zero-order valence-corrected chi connectivity index (χ0v) is 16.0. The molecular formula is C20H33N3O3. The first kappa shape index (κ1) is 19.2. The molecule has 0 aromatic rings. The Morgan fingerprint density at radius 3 is 1.92 bits per heavy atom. The number of piperazine rings is 1. The number of nitrogens with zero attached hydrogens (tertiary/aromatic N) is 2. The van der Waals surface area contributed by atoms with Crippen molar-refractivity contribution in [1.29, 1.82) is 0 Å².